The highest BCUT2D eigenvalue weighted by atomic mass is 16.6. The van der Waals surface area contributed by atoms with E-state index in [9.17, 15) is 4.79 Å². The van der Waals surface area contributed by atoms with Crippen molar-refractivity contribution in [3.05, 3.63) is 52.6 Å². The minimum absolute atomic E-state index is 0.0470. The second-order valence-electron chi connectivity index (χ2n) is 8.42. The van der Waals surface area contributed by atoms with Crippen LogP contribution in [-0.2, 0) is 20.7 Å². The molecule has 4 heteroatoms. The molecule has 4 nitrogen and oxygen atoms in total. The second-order valence-corrected chi connectivity index (χ2v) is 8.42. The lowest BCUT2D eigenvalue weighted by molar-refractivity contribution is -0.144. The molecular formula is C25H36O4. The number of epoxide rings is 1. The third kappa shape index (κ3) is 6.74. The van der Waals surface area contributed by atoms with E-state index in [2.05, 4.69) is 52.0 Å². The highest BCUT2D eigenvalue weighted by Crippen LogP contribution is 2.38. The Morgan fingerprint density at radius 3 is 2.48 bits per heavy atom. The molecule has 1 aliphatic rings. The first-order valence-electron chi connectivity index (χ1n) is 10.5. The summed E-state index contributed by atoms with van der Waals surface area (Å²) < 4.78 is 16.6. The number of esters is 1. The van der Waals surface area contributed by atoms with Crippen LogP contribution in [0.2, 0.25) is 0 Å². The highest BCUT2D eigenvalue weighted by molar-refractivity contribution is 5.66. The molecule has 0 unspecified atom stereocenters. The van der Waals surface area contributed by atoms with Gasteiger partial charge in [0.1, 0.15) is 11.9 Å². The summed E-state index contributed by atoms with van der Waals surface area (Å²) in [5.41, 5.74) is 4.78. The highest BCUT2D eigenvalue weighted by Gasteiger charge is 2.46. The lowest BCUT2D eigenvalue weighted by Crippen LogP contribution is -2.17. The molecule has 2 rings (SSSR count). The molecule has 0 aromatic heterocycles. The van der Waals surface area contributed by atoms with Gasteiger partial charge in [-0.05, 0) is 82.2 Å². The van der Waals surface area contributed by atoms with Crippen molar-refractivity contribution < 1.29 is 19.0 Å². The minimum Gasteiger partial charge on any atom is -0.496 e. The summed E-state index contributed by atoms with van der Waals surface area (Å²) in [6.45, 7) is 11.9. The molecule has 0 aliphatic carbocycles. The summed E-state index contributed by atoms with van der Waals surface area (Å²) in [7, 11) is 1.70. The van der Waals surface area contributed by atoms with Crippen LogP contribution in [0.15, 0.2) is 35.9 Å². The first kappa shape index (κ1) is 23.2. The van der Waals surface area contributed by atoms with E-state index in [1.54, 1.807) is 7.11 Å². The van der Waals surface area contributed by atoms with Gasteiger partial charge in [0.15, 0.2) is 0 Å². The van der Waals surface area contributed by atoms with E-state index in [1.807, 2.05) is 13.0 Å². The molecule has 0 saturated carbocycles. The van der Waals surface area contributed by atoms with Crippen LogP contribution in [0.25, 0.3) is 0 Å². The number of rotatable bonds is 10. The number of hydrogen-bond donors (Lipinski definition) is 0. The number of hydrogen-bond acceptors (Lipinski definition) is 4. The molecular weight excluding hydrogens is 364 g/mol. The van der Waals surface area contributed by atoms with E-state index in [0.29, 0.717) is 12.5 Å². The Morgan fingerprint density at radius 1 is 1.21 bits per heavy atom. The lowest BCUT2D eigenvalue weighted by Gasteiger charge is -2.17. The van der Waals surface area contributed by atoms with Crippen molar-refractivity contribution in [3.63, 3.8) is 0 Å². The van der Waals surface area contributed by atoms with Gasteiger partial charge in [0.25, 0.3) is 0 Å². The van der Waals surface area contributed by atoms with Gasteiger partial charge in [-0.3, -0.25) is 4.79 Å². The van der Waals surface area contributed by atoms with Gasteiger partial charge in [-0.15, -0.1) is 0 Å². The fraction of sp³-hybridized carbons (Fsp3) is 0.560. The van der Waals surface area contributed by atoms with Crippen molar-refractivity contribution in [2.45, 2.75) is 85.0 Å². The molecule has 1 fully saturated rings. The predicted octanol–water partition coefficient (Wildman–Crippen LogP) is 5.64. The summed E-state index contributed by atoms with van der Waals surface area (Å²) in [6, 6.07) is 4.12. The van der Waals surface area contributed by atoms with Crippen LogP contribution >= 0.6 is 0 Å². The van der Waals surface area contributed by atoms with E-state index in [-0.39, 0.29) is 17.7 Å². The fourth-order valence-electron chi connectivity index (χ4n) is 3.55. The first-order chi connectivity index (χ1) is 13.7. The van der Waals surface area contributed by atoms with E-state index < -0.39 is 0 Å². The Morgan fingerprint density at radius 2 is 1.90 bits per heavy atom. The number of methoxy groups -OCH3 is 1. The van der Waals surface area contributed by atoms with Gasteiger partial charge >= 0.3 is 5.97 Å². The number of carbonyl (C=O) groups is 1. The Balaban J connectivity index is 1.95. The van der Waals surface area contributed by atoms with Crippen molar-refractivity contribution >= 4 is 5.97 Å². The Kier molecular flexibility index (Phi) is 8.09. The average molecular weight is 401 g/mol. The quantitative estimate of drug-likeness (QED) is 0.290. The van der Waals surface area contributed by atoms with Crippen molar-refractivity contribution in [1.82, 2.24) is 0 Å². The summed E-state index contributed by atoms with van der Waals surface area (Å²) in [5, 5.41) is 0. The molecule has 1 heterocycles. The maximum atomic E-state index is 11.6. The van der Waals surface area contributed by atoms with E-state index in [0.717, 1.165) is 30.6 Å². The molecule has 29 heavy (non-hydrogen) atoms. The maximum absolute atomic E-state index is 11.6. The third-order valence-corrected chi connectivity index (χ3v) is 5.81. The average Bonchev–Trinajstić information content (AvgIpc) is 3.27. The van der Waals surface area contributed by atoms with Crippen LogP contribution in [0.1, 0.15) is 63.6 Å². The zero-order valence-corrected chi connectivity index (χ0v) is 19.0. The Bertz CT molecular complexity index is 773. The van der Waals surface area contributed by atoms with Crippen LogP contribution in [0.3, 0.4) is 0 Å². The molecule has 160 valence electrons. The lowest BCUT2D eigenvalue weighted by atomic mass is 9.98. The summed E-state index contributed by atoms with van der Waals surface area (Å²) in [6.07, 6.45) is 10.1. The molecule has 1 aliphatic heterocycles. The SMILES string of the molecule is COc1ccc(C/C=C(\C)[C@H](C/C=C/CC[C@@H]2OC2(C)C)OC(C)=O)c(C)c1C. The molecule has 0 N–H and O–H groups in total. The number of ether oxygens (including phenoxy) is 3. The Hall–Kier alpha value is -2.07. The molecule has 0 spiro atoms. The summed E-state index contributed by atoms with van der Waals surface area (Å²) in [4.78, 5) is 11.6. The van der Waals surface area contributed by atoms with Crippen LogP contribution in [0.4, 0.5) is 0 Å². The largest absolute Gasteiger partial charge is 0.496 e. The van der Waals surface area contributed by atoms with Crippen molar-refractivity contribution in [1.29, 1.82) is 0 Å². The second kappa shape index (κ2) is 10.1. The monoisotopic (exact) mass is 400 g/mol. The minimum atomic E-state index is -0.249. The van der Waals surface area contributed by atoms with Crippen molar-refractivity contribution in [2.75, 3.05) is 7.11 Å². The third-order valence-electron chi connectivity index (χ3n) is 5.81. The molecule has 0 radical (unpaired) electrons. The summed E-state index contributed by atoms with van der Waals surface area (Å²) in [5.74, 6) is 0.663. The predicted molar refractivity (Wildman–Crippen MR) is 117 cm³/mol. The van der Waals surface area contributed by atoms with Crippen LogP contribution in [0, 0.1) is 13.8 Å². The molecule has 1 saturated heterocycles. The van der Waals surface area contributed by atoms with E-state index >= 15 is 0 Å². The Labute approximate surface area is 175 Å². The summed E-state index contributed by atoms with van der Waals surface area (Å²) >= 11 is 0. The van der Waals surface area contributed by atoms with Gasteiger partial charge in [0.2, 0.25) is 0 Å². The van der Waals surface area contributed by atoms with Gasteiger partial charge in [-0.1, -0.05) is 24.3 Å². The number of benzene rings is 1. The van der Waals surface area contributed by atoms with Gasteiger partial charge in [0, 0.05) is 13.3 Å². The van der Waals surface area contributed by atoms with Gasteiger partial charge < -0.3 is 14.2 Å². The van der Waals surface area contributed by atoms with Gasteiger partial charge in [0.05, 0.1) is 18.8 Å². The molecule has 1 aromatic rings. The number of allylic oxidation sites excluding steroid dienone is 2. The van der Waals surface area contributed by atoms with Gasteiger partial charge in [-0.2, -0.15) is 0 Å². The zero-order chi connectivity index (χ0) is 21.6. The fourth-order valence-corrected chi connectivity index (χ4v) is 3.55. The van der Waals surface area contributed by atoms with Crippen LogP contribution in [-0.4, -0.2) is 30.9 Å². The molecule has 0 bridgehead atoms. The molecule has 2 atom stereocenters. The van der Waals surface area contributed by atoms with Crippen LogP contribution in [0.5, 0.6) is 5.75 Å². The van der Waals surface area contributed by atoms with E-state index in [1.165, 1.54) is 23.6 Å². The topological polar surface area (TPSA) is 48.1 Å². The molecule has 1 aromatic carbocycles. The normalized spacial score (nSPS) is 19.3. The van der Waals surface area contributed by atoms with E-state index in [4.69, 9.17) is 14.2 Å². The zero-order valence-electron chi connectivity index (χ0n) is 19.0. The maximum Gasteiger partial charge on any atom is 0.303 e. The van der Waals surface area contributed by atoms with Crippen molar-refractivity contribution in [3.8, 4) is 5.75 Å². The smallest absolute Gasteiger partial charge is 0.303 e. The van der Waals surface area contributed by atoms with Crippen LogP contribution < -0.4 is 4.74 Å². The first-order valence-corrected chi connectivity index (χ1v) is 10.5. The number of carbonyl (C=O) groups excluding carboxylic acids is 1. The molecule has 0 amide bonds. The van der Waals surface area contributed by atoms with Gasteiger partial charge in [-0.25, -0.2) is 0 Å². The van der Waals surface area contributed by atoms with Crippen molar-refractivity contribution in [2.24, 2.45) is 0 Å². The standard InChI is InChI=1S/C25H36O4/c1-17(13-14-21-15-16-23(27-7)19(3)18(21)2)22(28-20(4)26)11-9-8-10-12-24-25(5,6)29-24/h8-9,13,15-16,22,24H,10-12,14H2,1-7H3/b9-8+,17-13+/t22-,24-/m0/s1.